The van der Waals surface area contributed by atoms with Crippen LogP contribution in [0.4, 0.5) is 0 Å². The summed E-state index contributed by atoms with van der Waals surface area (Å²) in [7, 11) is 0. The van der Waals surface area contributed by atoms with Gasteiger partial charge in [0.15, 0.2) is 0 Å². The molecule has 2 heterocycles. The van der Waals surface area contributed by atoms with Gasteiger partial charge in [0, 0.05) is 28.9 Å². The SMILES string of the molecule is CC(C)(C)NCc1cccn1Cc1cccs1. The zero-order chi connectivity index (χ0) is 12.3. The van der Waals surface area contributed by atoms with Crippen molar-refractivity contribution in [2.24, 2.45) is 0 Å². The maximum atomic E-state index is 3.53. The van der Waals surface area contributed by atoms with Crippen LogP contribution in [0.15, 0.2) is 35.8 Å². The molecule has 2 aromatic rings. The van der Waals surface area contributed by atoms with Gasteiger partial charge in [-0.1, -0.05) is 6.07 Å². The lowest BCUT2D eigenvalue weighted by molar-refractivity contribution is 0.417. The molecule has 0 unspecified atom stereocenters. The van der Waals surface area contributed by atoms with E-state index in [1.54, 1.807) is 0 Å². The molecule has 92 valence electrons. The van der Waals surface area contributed by atoms with Gasteiger partial charge in [0.1, 0.15) is 0 Å². The van der Waals surface area contributed by atoms with Crippen LogP contribution in [0.25, 0.3) is 0 Å². The van der Waals surface area contributed by atoms with Crippen molar-refractivity contribution in [3.05, 3.63) is 46.4 Å². The Balaban J connectivity index is 2.02. The summed E-state index contributed by atoms with van der Waals surface area (Å²) in [5.41, 5.74) is 1.51. The Morgan fingerprint density at radius 1 is 1.24 bits per heavy atom. The summed E-state index contributed by atoms with van der Waals surface area (Å²) in [6.07, 6.45) is 2.15. The number of thiophene rings is 1. The van der Waals surface area contributed by atoms with Gasteiger partial charge in [-0.05, 0) is 44.4 Å². The Labute approximate surface area is 107 Å². The van der Waals surface area contributed by atoms with Gasteiger partial charge in [0.2, 0.25) is 0 Å². The molecule has 0 radical (unpaired) electrons. The predicted octanol–water partition coefficient (Wildman–Crippen LogP) is 3.49. The van der Waals surface area contributed by atoms with Gasteiger partial charge in [-0.3, -0.25) is 0 Å². The minimum absolute atomic E-state index is 0.165. The Morgan fingerprint density at radius 2 is 2.06 bits per heavy atom. The third-order valence-corrected chi connectivity index (χ3v) is 3.49. The van der Waals surface area contributed by atoms with E-state index < -0.39 is 0 Å². The molecule has 0 fully saturated rings. The average molecular weight is 248 g/mol. The lowest BCUT2D eigenvalue weighted by Crippen LogP contribution is -2.35. The van der Waals surface area contributed by atoms with Crippen LogP contribution in [0.3, 0.4) is 0 Å². The number of nitrogens with zero attached hydrogens (tertiary/aromatic N) is 1. The van der Waals surface area contributed by atoms with E-state index >= 15 is 0 Å². The van der Waals surface area contributed by atoms with Crippen LogP contribution >= 0.6 is 11.3 Å². The molecule has 3 heteroatoms. The van der Waals surface area contributed by atoms with E-state index in [0.717, 1.165) is 13.1 Å². The zero-order valence-electron chi connectivity index (χ0n) is 10.7. The first-order valence-electron chi connectivity index (χ1n) is 5.96. The second-order valence-electron chi connectivity index (χ2n) is 5.31. The molecule has 2 nitrogen and oxygen atoms in total. The van der Waals surface area contributed by atoms with Crippen LogP contribution in [-0.4, -0.2) is 10.1 Å². The Morgan fingerprint density at radius 3 is 2.71 bits per heavy atom. The Hall–Kier alpha value is -1.06. The molecule has 17 heavy (non-hydrogen) atoms. The third kappa shape index (κ3) is 3.72. The van der Waals surface area contributed by atoms with Crippen molar-refractivity contribution in [3.63, 3.8) is 0 Å². The molecule has 1 N–H and O–H groups in total. The fourth-order valence-electron chi connectivity index (χ4n) is 1.69. The van der Waals surface area contributed by atoms with Gasteiger partial charge in [-0.2, -0.15) is 0 Å². The van der Waals surface area contributed by atoms with Crippen LogP contribution in [0.2, 0.25) is 0 Å². The molecule has 0 aromatic carbocycles. The molecule has 0 aliphatic rings. The highest BCUT2D eigenvalue weighted by Crippen LogP contribution is 2.13. The van der Waals surface area contributed by atoms with Crippen LogP contribution in [0, 0.1) is 0 Å². The van der Waals surface area contributed by atoms with Gasteiger partial charge in [0.25, 0.3) is 0 Å². The highest BCUT2D eigenvalue weighted by atomic mass is 32.1. The van der Waals surface area contributed by atoms with Crippen molar-refractivity contribution in [2.45, 2.75) is 39.4 Å². The molecule has 0 amide bonds. The molecule has 0 spiro atoms. The van der Waals surface area contributed by atoms with Crippen molar-refractivity contribution < 1.29 is 0 Å². The van der Waals surface area contributed by atoms with E-state index in [2.05, 4.69) is 66.5 Å². The molecule has 0 bridgehead atoms. The Bertz CT molecular complexity index is 449. The van der Waals surface area contributed by atoms with Crippen LogP contribution in [-0.2, 0) is 13.1 Å². The first-order valence-corrected chi connectivity index (χ1v) is 6.84. The molecule has 2 aromatic heterocycles. The molecule has 0 aliphatic heterocycles. The second-order valence-corrected chi connectivity index (χ2v) is 6.34. The summed E-state index contributed by atoms with van der Waals surface area (Å²) in [6, 6.07) is 8.60. The molecule has 2 rings (SSSR count). The number of nitrogens with one attached hydrogen (secondary N) is 1. The fourth-order valence-corrected chi connectivity index (χ4v) is 2.39. The molecular formula is C14H20N2S. The average Bonchev–Trinajstić information content (AvgIpc) is 2.86. The zero-order valence-corrected chi connectivity index (χ0v) is 11.6. The summed E-state index contributed by atoms with van der Waals surface area (Å²) in [6.45, 7) is 8.48. The highest BCUT2D eigenvalue weighted by molar-refractivity contribution is 7.09. The van der Waals surface area contributed by atoms with Crippen molar-refractivity contribution in [1.82, 2.24) is 9.88 Å². The first-order chi connectivity index (χ1) is 8.04. The Kier molecular flexibility index (Phi) is 3.69. The summed E-state index contributed by atoms with van der Waals surface area (Å²) in [4.78, 5) is 1.40. The van der Waals surface area contributed by atoms with Crippen molar-refractivity contribution in [3.8, 4) is 0 Å². The highest BCUT2D eigenvalue weighted by Gasteiger charge is 2.10. The normalized spacial score (nSPS) is 11.9. The monoisotopic (exact) mass is 248 g/mol. The third-order valence-electron chi connectivity index (χ3n) is 2.63. The van der Waals surface area contributed by atoms with E-state index in [0.29, 0.717) is 0 Å². The molecule has 0 aliphatic carbocycles. The number of hydrogen-bond acceptors (Lipinski definition) is 2. The van der Waals surface area contributed by atoms with E-state index in [-0.39, 0.29) is 5.54 Å². The van der Waals surface area contributed by atoms with Crippen molar-refractivity contribution >= 4 is 11.3 Å². The smallest absolute Gasteiger partial charge is 0.0566 e. The largest absolute Gasteiger partial charge is 0.345 e. The maximum Gasteiger partial charge on any atom is 0.0566 e. The minimum Gasteiger partial charge on any atom is -0.345 e. The van der Waals surface area contributed by atoms with E-state index in [4.69, 9.17) is 0 Å². The first kappa shape index (κ1) is 12.4. The molecule has 0 atom stereocenters. The molecule has 0 saturated carbocycles. The quantitative estimate of drug-likeness (QED) is 0.876. The van der Waals surface area contributed by atoms with E-state index in [1.807, 2.05) is 11.3 Å². The summed E-state index contributed by atoms with van der Waals surface area (Å²) < 4.78 is 2.31. The van der Waals surface area contributed by atoms with Gasteiger partial charge >= 0.3 is 0 Å². The predicted molar refractivity (Wildman–Crippen MR) is 74.4 cm³/mol. The van der Waals surface area contributed by atoms with Gasteiger partial charge < -0.3 is 9.88 Å². The lowest BCUT2D eigenvalue weighted by Gasteiger charge is -2.21. The molecule has 0 saturated heterocycles. The lowest BCUT2D eigenvalue weighted by atomic mass is 10.1. The van der Waals surface area contributed by atoms with Gasteiger partial charge in [-0.25, -0.2) is 0 Å². The summed E-state index contributed by atoms with van der Waals surface area (Å²) in [5.74, 6) is 0. The summed E-state index contributed by atoms with van der Waals surface area (Å²) >= 11 is 1.81. The second kappa shape index (κ2) is 5.07. The van der Waals surface area contributed by atoms with Crippen LogP contribution in [0.1, 0.15) is 31.3 Å². The number of aromatic nitrogens is 1. The van der Waals surface area contributed by atoms with E-state index in [1.165, 1.54) is 10.6 Å². The van der Waals surface area contributed by atoms with Gasteiger partial charge in [-0.15, -0.1) is 11.3 Å². The maximum absolute atomic E-state index is 3.53. The fraction of sp³-hybridized carbons (Fsp3) is 0.429. The standard InChI is InChI=1S/C14H20N2S/c1-14(2,3)15-10-12-6-4-8-16(12)11-13-7-5-9-17-13/h4-9,15H,10-11H2,1-3H3. The van der Waals surface area contributed by atoms with Crippen LogP contribution in [0.5, 0.6) is 0 Å². The number of hydrogen-bond donors (Lipinski definition) is 1. The van der Waals surface area contributed by atoms with Gasteiger partial charge in [0.05, 0.1) is 6.54 Å². The van der Waals surface area contributed by atoms with E-state index in [9.17, 15) is 0 Å². The van der Waals surface area contributed by atoms with Crippen LogP contribution < -0.4 is 5.32 Å². The minimum atomic E-state index is 0.165. The topological polar surface area (TPSA) is 17.0 Å². The molecular weight excluding hydrogens is 228 g/mol. The summed E-state index contributed by atoms with van der Waals surface area (Å²) in [5, 5.41) is 5.66. The number of rotatable bonds is 4. The van der Waals surface area contributed by atoms with Crippen molar-refractivity contribution in [2.75, 3.05) is 0 Å². The van der Waals surface area contributed by atoms with Crippen molar-refractivity contribution in [1.29, 1.82) is 0 Å².